The molecule has 3 aliphatic rings. The van der Waals surface area contributed by atoms with E-state index in [2.05, 4.69) is 17.1 Å². The van der Waals surface area contributed by atoms with E-state index in [0.717, 1.165) is 63.5 Å². The minimum Gasteiger partial charge on any atom is -0.497 e. The quantitative estimate of drug-likeness (QED) is 0.676. The summed E-state index contributed by atoms with van der Waals surface area (Å²) in [6.07, 6.45) is 12.8. The Bertz CT molecular complexity index is 719. The molecule has 0 saturated carbocycles. The molecule has 1 unspecified atom stereocenters. The van der Waals surface area contributed by atoms with Crippen molar-refractivity contribution in [2.45, 2.75) is 51.0 Å². The summed E-state index contributed by atoms with van der Waals surface area (Å²) < 4.78 is 11.8. The van der Waals surface area contributed by atoms with Gasteiger partial charge in [0.25, 0.3) is 5.91 Å². The fourth-order valence-corrected chi connectivity index (χ4v) is 4.77. The molecule has 0 spiro atoms. The molecule has 1 aromatic rings. The summed E-state index contributed by atoms with van der Waals surface area (Å²) >= 11 is 0. The number of carbonyl (C=O) groups excluding carboxylic acids is 1. The Labute approximate surface area is 174 Å². The van der Waals surface area contributed by atoms with Gasteiger partial charge in [0.15, 0.2) is 0 Å². The molecule has 0 bridgehead atoms. The van der Waals surface area contributed by atoms with Crippen molar-refractivity contribution in [3.63, 3.8) is 0 Å². The lowest BCUT2D eigenvalue weighted by Crippen LogP contribution is -2.41. The number of carbonyl (C=O) groups is 1. The van der Waals surface area contributed by atoms with E-state index in [1.807, 2.05) is 23.1 Å². The van der Waals surface area contributed by atoms with Crippen LogP contribution in [-0.2, 0) is 0 Å². The highest BCUT2D eigenvalue weighted by molar-refractivity contribution is 5.97. The number of piperidine rings is 1. The van der Waals surface area contributed by atoms with Crippen molar-refractivity contribution in [2.24, 2.45) is 5.92 Å². The predicted octanol–water partition coefficient (Wildman–Crippen LogP) is 4.13. The number of amides is 1. The lowest BCUT2D eigenvalue weighted by Gasteiger charge is -2.35. The Hall–Kier alpha value is -2.01. The summed E-state index contributed by atoms with van der Waals surface area (Å²) in [5.41, 5.74) is 0.670. The van der Waals surface area contributed by atoms with Gasteiger partial charge < -0.3 is 19.3 Å². The lowest BCUT2D eigenvalue weighted by atomic mass is 9.93. The number of hydrogen-bond donors (Lipinski definition) is 0. The number of methoxy groups -OCH3 is 1. The maximum absolute atomic E-state index is 13.0. The first-order valence-electron chi connectivity index (χ1n) is 11.2. The van der Waals surface area contributed by atoms with E-state index in [0.29, 0.717) is 11.3 Å². The average molecular weight is 399 g/mol. The predicted molar refractivity (Wildman–Crippen MR) is 115 cm³/mol. The molecule has 5 heteroatoms. The van der Waals surface area contributed by atoms with E-state index in [9.17, 15) is 4.79 Å². The SMILES string of the molecule is COc1ccc(C(=O)N2CCCC2)c(OC2CCN(CC3CC=CCC3)CC2)c1. The molecule has 0 aromatic heterocycles. The Morgan fingerprint density at radius 2 is 1.86 bits per heavy atom. The molecule has 2 aliphatic heterocycles. The molecule has 5 nitrogen and oxygen atoms in total. The van der Waals surface area contributed by atoms with Crippen LogP contribution in [0.4, 0.5) is 0 Å². The molecule has 2 fully saturated rings. The van der Waals surface area contributed by atoms with Gasteiger partial charge in [-0.3, -0.25) is 4.79 Å². The Morgan fingerprint density at radius 1 is 1.07 bits per heavy atom. The third-order valence-electron chi connectivity index (χ3n) is 6.53. The van der Waals surface area contributed by atoms with Gasteiger partial charge >= 0.3 is 0 Å². The molecular formula is C24H34N2O3. The summed E-state index contributed by atoms with van der Waals surface area (Å²) in [5, 5.41) is 0. The van der Waals surface area contributed by atoms with E-state index in [1.54, 1.807) is 7.11 Å². The zero-order valence-electron chi connectivity index (χ0n) is 17.6. The molecule has 2 heterocycles. The van der Waals surface area contributed by atoms with Crippen molar-refractivity contribution < 1.29 is 14.3 Å². The van der Waals surface area contributed by atoms with Crippen LogP contribution in [0.15, 0.2) is 30.4 Å². The first-order chi connectivity index (χ1) is 14.2. The third kappa shape index (κ3) is 5.13. The van der Waals surface area contributed by atoms with E-state index in [-0.39, 0.29) is 12.0 Å². The van der Waals surface area contributed by atoms with Crippen LogP contribution in [0.2, 0.25) is 0 Å². The molecular weight excluding hydrogens is 364 g/mol. The van der Waals surface area contributed by atoms with Crippen LogP contribution >= 0.6 is 0 Å². The van der Waals surface area contributed by atoms with Gasteiger partial charge in [-0.05, 0) is 63.0 Å². The molecule has 158 valence electrons. The zero-order valence-corrected chi connectivity index (χ0v) is 17.6. The van der Waals surface area contributed by atoms with Crippen LogP contribution in [0.25, 0.3) is 0 Å². The van der Waals surface area contributed by atoms with Crippen molar-refractivity contribution in [3.05, 3.63) is 35.9 Å². The highest BCUT2D eigenvalue weighted by atomic mass is 16.5. The van der Waals surface area contributed by atoms with Crippen LogP contribution in [-0.4, -0.2) is 61.6 Å². The molecule has 29 heavy (non-hydrogen) atoms. The second kappa shape index (κ2) is 9.66. The summed E-state index contributed by atoms with van der Waals surface area (Å²) in [6.45, 7) is 5.04. The van der Waals surface area contributed by atoms with Gasteiger partial charge in [0, 0.05) is 38.8 Å². The molecule has 4 rings (SSSR count). The molecule has 2 saturated heterocycles. The smallest absolute Gasteiger partial charge is 0.257 e. The molecule has 1 aromatic carbocycles. The topological polar surface area (TPSA) is 42.0 Å². The van der Waals surface area contributed by atoms with Crippen molar-refractivity contribution in [2.75, 3.05) is 39.8 Å². The van der Waals surface area contributed by atoms with Gasteiger partial charge in [-0.15, -0.1) is 0 Å². The van der Waals surface area contributed by atoms with Crippen LogP contribution in [0, 0.1) is 5.92 Å². The number of ether oxygens (including phenoxy) is 2. The Morgan fingerprint density at radius 3 is 2.55 bits per heavy atom. The van der Waals surface area contributed by atoms with Gasteiger partial charge in [-0.25, -0.2) is 0 Å². The van der Waals surface area contributed by atoms with E-state index in [4.69, 9.17) is 9.47 Å². The fourth-order valence-electron chi connectivity index (χ4n) is 4.77. The third-order valence-corrected chi connectivity index (χ3v) is 6.53. The standard InChI is InChI=1S/C24H34N2O3/c1-28-21-9-10-22(24(27)26-13-5-6-14-26)23(17-21)29-20-11-15-25(16-12-20)18-19-7-3-2-4-8-19/h2-3,9-10,17,19-20H,4-8,11-16,18H2,1H3. The average Bonchev–Trinajstić information content (AvgIpc) is 3.30. The van der Waals surface area contributed by atoms with Crippen molar-refractivity contribution in [3.8, 4) is 11.5 Å². The number of likely N-dealkylation sites (tertiary alicyclic amines) is 2. The monoisotopic (exact) mass is 398 g/mol. The van der Waals surface area contributed by atoms with E-state index < -0.39 is 0 Å². The highest BCUT2D eigenvalue weighted by Crippen LogP contribution is 2.30. The summed E-state index contributed by atoms with van der Waals surface area (Å²) in [6, 6.07) is 5.60. The highest BCUT2D eigenvalue weighted by Gasteiger charge is 2.27. The minimum atomic E-state index is 0.0861. The van der Waals surface area contributed by atoms with Gasteiger partial charge in [0.05, 0.1) is 12.7 Å². The minimum absolute atomic E-state index is 0.0861. The van der Waals surface area contributed by atoms with Crippen LogP contribution in [0.1, 0.15) is 55.3 Å². The first-order valence-corrected chi connectivity index (χ1v) is 11.2. The first kappa shape index (κ1) is 20.3. The van der Waals surface area contributed by atoms with Gasteiger partial charge in [0.1, 0.15) is 17.6 Å². The summed E-state index contributed by atoms with van der Waals surface area (Å²) in [5.74, 6) is 2.31. The van der Waals surface area contributed by atoms with Crippen molar-refractivity contribution >= 4 is 5.91 Å². The maximum atomic E-state index is 13.0. The number of allylic oxidation sites excluding steroid dienone is 2. The maximum Gasteiger partial charge on any atom is 0.257 e. The molecule has 1 aliphatic carbocycles. The van der Waals surface area contributed by atoms with Gasteiger partial charge in [-0.1, -0.05) is 12.2 Å². The summed E-state index contributed by atoms with van der Waals surface area (Å²) in [4.78, 5) is 17.5. The van der Waals surface area contributed by atoms with Crippen LogP contribution in [0.5, 0.6) is 11.5 Å². The van der Waals surface area contributed by atoms with Gasteiger partial charge in [0.2, 0.25) is 0 Å². The van der Waals surface area contributed by atoms with E-state index in [1.165, 1.54) is 25.8 Å². The lowest BCUT2D eigenvalue weighted by molar-refractivity contribution is 0.0756. The number of nitrogens with zero attached hydrogens (tertiary/aromatic N) is 2. The fraction of sp³-hybridized carbons (Fsp3) is 0.625. The van der Waals surface area contributed by atoms with E-state index >= 15 is 0 Å². The van der Waals surface area contributed by atoms with Crippen LogP contribution < -0.4 is 9.47 Å². The normalized spacial score (nSPS) is 23.3. The Kier molecular flexibility index (Phi) is 6.75. The molecule has 1 atom stereocenters. The molecule has 1 amide bonds. The number of rotatable bonds is 6. The van der Waals surface area contributed by atoms with Gasteiger partial charge in [-0.2, -0.15) is 0 Å². The molecule has 0 radical (unpaired) electrons. The Balaban J connectivity index is 1.37. The second-order valence-corrected chi connectivity index (χ2v) is 8.63. The number of hydrogen-bond acceptors (Lipinski definition) is 4. The zero-order chi connectivity index (χ0) is 20.1. The van der Waals surface area contributed by atoms with Crippen molar-refractivity contribution in [1.82, 2.24) is 9.80 Å². The van der Waals surface area contributed by atoms with Crippen LogP contribution in [0.3, 0.4) is 0 Å². The molecule has 0 N–H and O–H groups in total. The second-order valence-electron chi connectivity index (χ2n) is 8.63. The number of benzene rings is 1. The largest absolute Gasteiger partial charge is 0.497 e. The van der Waals surface area contributed by atoms with Crippen molar-refractivity contribution in [1.29, 1.82) is 0 Å². The summed E-state index contributed by atoms with van der Waals surface area (Å²) in [7, 11) is 1.65.